The van der Waals surface area contributed by atoms with Crippen LogP contribution in [0.4, 0.5) is 0 Å². The van der Waals surface area contributed by atoms with Gasteiger partial charge in [0, 0.05) is 12.6 Å². The van der Waals surface area contributed by atoms with Crippen LogP contribution in [0.15, 0.2) is 0 Å². The van der Waals surface area contributed by atoms with E-state index in [-0.39, 0.29) is 5.92 Å². The van der Waals surface area contributed by atoms with Gasteiger partial charge in [-0.15, -0.1) is 0 Å². The van der Waals surface area contributed by atoms with Gasteiger partial charge < -0.3 is 5.32 Å². The fraction of sp³-hybridized carbons (Fsp3) is 0.917. The van der Waals surface area contributed by atoms with E-state index >= 15 is 0 Å². The Hall–Kier alpha value is -0.550. The molecule has 2 heteroatoms. The van der Waals surface area contributed by atoms with Crippen LogP contribution >= 0.6 is 0 Å². The van der Waals surface area contributed by atoms with Crippen molar-refractivity contribution in [2.75, 3.05) is 6.54 Å². The van der Waals surface area contributed by atoms with Gasteiger partial charge in [-0.1, -0.05) is 32.1 Å². The molecule has 1 rings (SSSR count). The molecule has 1 aliphatic rings. The van der Waals surface area contributed by atoms with Crippen molar-refractivity contribution in [1.82, 2.24) is 5.32 Å². The Labute approximate surface area is 87.7 Å². The maximum Gasteiger partial charge on any atom is 0.0666 e. The van der Waals surface area contributed by atoms with Gasteiger partial charge in [0.1, 0.15) is 0 Å². The van der Waals surface area contributed by atoms with Gasteiger partial charge in [0.25, 0.3) is 0 Å². The Bertz CT molecular complexity index is 175. The second-order valence-corrected chi connectivity index (χ2v) is 4.48. The molecule has 1 N–H and O–H groups in total. The number of hydrogen-bond acceptors (Lipinski definition) is 2. The molecule has 1 fully saturated rings. The maximum absolute atomic E-state index is 8.67. The van der Waals surface area contributed by atoms with Crippen LogP contribution in [0.25, 0.3) is 0 Å². The monoisotopic (exact) mass is 194 g/mol. The summed E-state index contributed by atoms with van der Waals surface area (Å²) in [5, 5.41) is 12.2. The lowest BCUT2D eigenvalue weighted by molar-refractivity contribution is 0.381. The van der Waals surface area contributed by atoms with E-state index in [1.807, 2.05) is 6.92 Å². The second-order valence-electron chi connectivity index (χ2n) is 4.48. The van der Waals surface area contributed by atoms with E-state index in [9.17, 15) is 0 Å². The summed E-state index contributed by atoms with van der Waals surface area (Å²) in [6, 6.07) is 2.94. The fourth-order valence-electron chi connectivity index (χ4n) is 2.05. The minimum absolute atomic E-state index is 0.153. The van der Waals surface area contributed by atoms with Crippen LogP contribution in [0.5, 0.6) is 0 Å². The molecule has 0 heterocycles. The summed E-state index contributed by atoms with van der Waals surface area (Å²) in [6.45, 7) is 2.84. The summed E-state index contributed by atoms with van der Waals surface area (Å²) in [6.07, 6.45) is 9.53. The van der Waals surface area contributed by atoms with Crippen molar-refractivity contribution in [2.45, 2.75) is 57.9 Å². The van der Waals surface area contributed by atoms with Gasteiger partial charge in [0.2, 0.25) is 0 Å². The van der Waals surface area contributed by atoms with E-state index in [0.717, 1.165) is 6.54 Å². The van der Waals surface area contributed by atoms with E-state index in [2.05, 4.69) is 11.4 Å². The van der Waals surface area contributed by atoms with E-state index in [4.69, 9.17) is 5.26 Å². The predicted octanol–water partition coefficient (Wildman–Crippen LogP) is 2.85. The molecule has 0 aromatic heterocycles. The van der Waals surface area contributed by atoms with Crippen molar-refractivity contribution >= 4 is 0 Å². The third-order valence-electron chi connectivity index (χ3n) is 3.04. The molecule has 1 aliphatic carbocycles. The molecule has 0 aromatic rings. The first-order chi connectivity index (χ1) is 6.83. The van der Waals surface area contributed by atoms with E-state index in [1.165, 1.54) is 44.9 Å². The first-order valence-corrected chi connectivity index (χ1v) is 5.96. The molecule has 1 saturated carbocycles. The lowest BCUT2D eigenvalue weighted by Crippen LogP contribution is -2.32. The van der Waals surface area contributed by atoms with Crippen molar-refractivity contribution in [3.05, 3.63) is 0 Å². The normalized spacial score (nSPS) is 22.0. The Morgan fingerprint density at radius 1 is 1.21 bits per heavy atom. The van der Waals surface area contributed by atoms with E-state index in [1.54, 1.807) is 0 Å². The van der Waals surface area contributed by atoms with Gasteiger partial charge in [-0.25, -0.2) is 0 Å². The zero-order chi connectivity index (χ0) is 10.2. The van der Waals surface area contributed by atoms with Crippen LogP contribution in [-0.4, -0.2) is 12.6 Å². The van der Waals surface area contributed by atoms with Crippen molar-refractivity contribution in [1.29, 1.82) is 5.26 Å². The number of nitriles is 1. The first-order valence-electron chi connectivity index (χ1n) is 5.96. The number of rotatable bonds is 3. The molecular formula is C12H22N2. The molecule has 14 heavy (non-hydrogen) atoms. The molecule has 1 unspecified atom stereocenters. The molecule has 0 radical (unpaired) electrons. The average molecular weight is 194 g/mol. The highest BCUT2D eigenvalue weighted by atomic mass is 14.9. The third kappa shape index (κ3) is 4.62. The SMILES string of the molecule is CC(C#N)CNC1CCCCCCC1. The molecule has 0 aliphatic heterocycles. The summed E-state index contributed by atoms with van der Waals surface area (Å²) >= 11 is 0. The van der Waals surface area contributed by atoms with Crippen LogP contribution in [0, 0.1) is 17.2 Å². The minimum atomic E-state index is 0.153. The number of hydrogen-bond donors (Lipinski definition) is 1. The molecule has 0 spiro atoms. The molecular weight excluding hydrogens is 172 g/mol. The number of nitrogens with zero attached hydrogens (tertiary/aromatic N) is 1. The van der Waals surface area contributed by atoms with Crippen molar-refractivity contribution in [3.63, 3.8) is 0 Å². The highest BCUT2D eigenvalue weighted by Crippen LogP contribution is 2.17. The minimum Gasteiger partial charge on any atom is -0.313 e. The molecule has 0 bridgehead atoms. The van der Waals surface area contributed by atoms with E-state index < -0.39 is 0 Å². The molecule has 0 saturated heterocycles. The largest absolute Gasteiger partial charge is 0.313 e. The summed E-state index contributed by atoms with van der Waals surface area (Å²) in [5.74, 6) is 0.153. The standard InChI is InChI=1S/C12H22N2/c1-11(9-13)10-14-12-7-5-3-2-4-6-8-12/h11-12,14H,2-8,10H2,1H3. The van der Waals surface area contributed by atoms with Crippen molar-refractivity contribution in [2.24, 2.45) is 5.92 Å². The van der Waals surface area contributed by atoms with Crippen LogP contribution in [0.2, 0.25) is 0 Å². The first kappa shape index (κ1) is 11.5. The lowest BCUT2D eigenvalue weighted by atomic mass is 9.96. The van der Waals surface area contributed by atoms with Crippen LogP contribution in [-0.2, 0) is 0 Å². The zero-order valence-electron chi connectivity index (χ0n) is 9.26. The van der Waals surface area contributed by atoms with Gasteiger partial charge in [0.15, 0.2) is 0 Å². The Morgan fingerprint density at radius 3 is 2.36 bits per heavy atom. The molecule has 80 valence electrons. The van der Waals surface area contributed by atoms with Crippen molar-refractivity contribution in [3.8, 4) is 6.07 Å². The molecule has 0 amide bonds. The Morgan fingerprint density at radius 2 is 1.79 bits per heavy atom. The Balaban J connectivity index is 2.17. The van der Waals surface area contributed by atoms with Gasteiger partial charge in [-0.3, -0.25) is 0 Å². The topological polar surface area (TPSA) is 35.8 Å². The predicted molar refractivity (Wildman–Crippen MR) is 58.9 cm³/mol. The molecule has 0 aromatic carbocycles. The van der Waals surface area contributed by atoms with Crippen LogP contribution in [0.1, 0.15) is 51.9 Å². The summed E-state index contributed by atoms with van der Waals surface area (Å²) in [5.41, 5.74) is 0. The van der Waals surface area contributed by atoms with Crippen LogP contribution in [0.3, 0.4) is 0 Å². The van der Waals surface area contributed by atoms with Gasteiger partial charge in [-0.2, -0.15) is 5.26 Å². The van der Waals surface area contributed by atoms with E-state index in [0.29, 0.717) is 6.04 Å². The quantitative estimate of drug-likeness (QED) is 0.750. The van der Waals surface area contributed by atoms with Gasteiger partial charge >= 0.3 is 0 Å². The zero-order valence-corrected chi connectivity index (χ0v) is 9.26. The maximum atomic E-state index is 8.67. The average Bonchev–Trinajstić information content (AvgIpc) is 2.15. The van der Waals surface area contributed by atoms with Crippen molar-refractivity contribution < 1.29 is 0 Å². The fourth-order valence-corrected chi connectivity index (χ4v) is 2.05. The third-order valence-corrected chi connectivity index (χ3v) is 3.04. The molecule has 1 atom stereocenters. The van der Waals surface area contributed by atoms with Gasteiger partial charge in [0.05, 0.1) is 12.0 Å². The number of nitrogens with one attached hydrogen (secondary N) is 1. The summed E-state index contributed by atoms with van der Waals surface area (Å²) < 4.78 is 0. The van der Waals surface area contributed by atoms with Gasteiger partial charge in [-0.05, 0) is 19.8 Å². The smallest absolute Gasteiger partial charge is 0.0666 e. The summed E-state index contributed by atoms with van der Waals surface area (Å²) in [7, 11) is 0. The highest BCUT2D eigenvalue weighted by molar-refractivity contribution is 4.82. The Kier molecular flexibility index (Phi) is 5.63. The second kappa shape index (κ2) is 6.84. The molecule has 2 nitrogen and oxygen atoms in total. The highest BCUT2D eigenvalue weighted by Gasteiger charge is 2.11. The summed E-state index contributed by atoms with van der Waals surface area (Å²) in [4.78, 5) is 0. The van der Waals surface area contributed by atoms with Crippen LogP contribution < -0.4 is 5.32 Å². The lowest BCUT2D eigenvalue weighted by Gasteiger charge is -2.21.